The maximum Gasteiger partial charge on any atom is 0.231 e. The molecule has 4 nitrogen and oxygen atoms in total. The van der Waals surface area contributed by atoms with E-state index in [4.69, 9.17) is 32.7 Å². The van der Waals surface area contributed by atoms with Gasteiger partial charge in [0, 0.05) is 5.56 Å². The molecule has 1 heterocycles. The van der Waals surface area contributed by atoms with E-state index in [-0.39, 0.29) is 12.7 Å². The first-order valence-electron chi connectivity index (χ1n) is 6.10. The van der Waals surface area contributed by atoms with Crippen LogP contribution in [0, 0.1) is 5.92 Å². The predicted octanol–water partition coefficient (Wildman–Crippen LogP) is 2.98. The lowest BCUT2D eigenvalue weighted by Gasteiger charge is -2.29. The highest BCUT2D eigenvalue weighted by Crippen LogP contribution is 2.39. The topological polar surface area (TPSA) is 52.6 Å². The Morgan fingerprint density at radius 2 is 2.15 bits per heavy atom. The molecule has 2 atom stereocenters. The first-order valence-corrected chi connectivity index (χ1v) is 7.01. The van der Waals surface area contributed by atoms with Gasteiger partial charge in [0.15, 0.2) is 18.2 Å². The number of alkyl halides is 1. The molecule has 0 unspecified atom stereocenters. The molecule has 6 heteroatoms. The Labute approximate surface area is 127 Å². The number of benzene rings is 1. The molecule has 2 rings (SSSR count). The third-order valence-corrected chi connectivity index (χ3v) is 4.14. The highest BCUT2D eigenvalue weighted by atomic mass is 35.5. The van der Waals surface area contributed by atoms with Crippen LogP contribution >= 0.6 is 23.2 Å². The minimum atomic E-state index is -1.30. The van der Waals surface area contributed by atoms with E-state index in [0.717, 1.165) is 0 Å². The smallest absolute Gasteiger partial charge is 0.231 e. The number of ether oxygens (including phenoxy) is 2. The summed E-state index contributed by atoms with van der Waals surface area (Å²) < 4.78 is 11.0. The Morgan fingerprint density at radius 1 is 1.45 bits per heavy atom. The first kappa shape index (κ1) is 15.3. The summed E-state index contributed by atoms with van der Waals surface area (Å²) >= 11 is 11.4. The summed E-state index contributed by atoms with van der Waals surface area (Å²) in [5, 5.41) is -0.714. The standard InChI is InChI=1S/C14H14Cl2O4/c1-8(13(16)18)12(17)14(2)10-4-3-5-11(9(10)6-15)19-7-20-14/h3-5,8H,6-7H2,1-2H3/t8-,14-/m1/s1. The van der Waals surface area contributed by atoms with Crippen molar-refractivity contribution < 1.29 is 19.1 Å². The third-order valence-electron chi connectivity index (χ3n) is 3.55. The number of ketones is 1. The van der Waals surface area contributed by atoms with E-state index in [0.29, 0.717) is 16.9 Å². The number of carbonyl (C=O) groups excluding carboxylic acids is 2. The van der Waals surface area contributed by atoms with Gasteiger partial charge in [0.05, 0.1) is 11.8 Å². The lowest BCUT2D eigenvalue weighted by molar-refractivity contribution is -0.158. The second-order valence-electron chi connectivity index (χ2n) is 4.75. The average molecular weight is 317 g/mol. The number of rotatable bonds is 4. The average Bonchev–Trinajstić information content (AvgIpc) is 2.51. The van der Waals surface area contributed by atoms with Crippen LogP contribution in [-0.4, -0.2) is 17.8 Å². The molecule has 0 N–H and O–H groups in total. The molecular formula is C14H14Cl2O4. The van der Waals surface area contributed by atoms with Gasteiger partial charge in [-0.1, -0.05) is 12.1 Å². The summed E-state index contributed by atoms with van der Waals surface area (Å²) in [6.45, 7) is 2.97. The fourth-order valence-corrected chi connectivity index (χ4v) is 2.67. The number of carbonyl (C=O) groups is 2. The minimum Gasteiger partial charge on any atom is -0.467 e. The highest BCUT2D eigenvalue weighted by molar-refractivity contribution is 6.65. The fourth-order valence-electron chi connectivity index (χ4n) is 2.29. The summed E-state index contributed by atoms with van der Waals surface area (Å²) in [5.74, 6) is -0.613. The van der Waals surface area contributed by atoms with Crippen molar-refractivity contribution in [3.05, 3.63) is 29.3 Å². The van der Waals surface area contributed by atoms with Crippen molar-refractivity contribution in [3.63, 3.8) is 0 Å². The molecule has 1 aliphatic rings. The summed E-state index contributed by atoms with van der Waals surface area (Å²) in [5.41, 5.74) is -0.00486. The molecule has 1 aliphatic heterocycles. The van der Waals surface area contributed by atoms with Crippen molar-refractivity contribution in [3.8, 4) is 5.75 Å². The second kappa shape index (κ2) is 5.72. The quantitative estimate of drug-likeness (QED) is 0.487. The third kappa shape index (κ3) is 2.43. The van der Waals surface area contributed by atoms with Crippen molar-refractivity contribution in [1.29, 1.82) is 0 Å². The van der Waals surface area contributed by atoms with Gasteiger partial charge < -0.3 is 9.47 Å². The van der Waals surface area contributed by atoms with E-state index in [1.807, 2.05) is 0 Å². The molecule has 0 amide bonds. The van der Waals surface area contributed by atoms with Crippen LogP contribution in [0.5, 0.6) is 5.75 Å². The maximum absolute atomic E-state index is 12.6. The highest BCUT2D eigenvalue weighted by Gasteiger charge is 2.44. The van der Waals surface area contributed by atoms with E-state index in [1.54, 1.807) is 25.1 Å². The Balaban J connectivity index is 2.54. The van der Waals surface area contributed by atoms with Crippen LogP contribution in [0.3, 0.4) is 0 Å². The van der Waals surface area contributed by atoms with Gasteiger partial charge in [0.1, 0.15) is 5.75 Å². The molecule has 0 radical (unpaired) electrons. The van der Waals surface area contributed by atoms with Gasteiger partial charge in [-0.3, -0.25) is 9.59 Å². The van der Waals surface area contributed by atoms with E-state index in [2.05, 4.69) is 0 Å². The maximum atomic E-state index is 12.6. The lowest BCUT2D eigenvalue weighted by Crippen LogP contribution is -2.41. The number of hydrogen-bond donors (Lipinski definition) is 0. The number of hydrogen-bond acceptors (Lipinski definition) is 4. The van der Waals surface area contributed by atoms with Crippen molar-refractivity contribution in [2.24, 2.45) is 5.92 Å². The van der Waals surface area contributed by atoms with Crippen LogP contribution in [0.1, 0.15) is 25.0 Å². The molecule has 0 spiro atoms. The Kier molecular flexibility index (Phi) is 4.37. The lowest BCUT2D eigenvalue weighted by atomic mass is 9.83. The zero-order valence-corrected chi connectivity index (χ0v) is 12.6. The van der Waals surface area contributed by atoms with Crippen molar-refractivity contribution in [1.82, 2.24) is 0 Å². The molecule has 108 valence electrons. The zero-order valence-electron chi connectivity index (χ0n) is 11.1. The number of Topliss-reactive ketones (excluding diaryl/α,β-unsaturated/α-hetero) is 1. The number of fused-ring (bicyclic) bond motifs is 2. The van der Waals surface area contributed by atoms with Gasteiger partial charge >= 0.3 is 0 Å². The largest absolute Gasteiger partial charge is 0.467 e. The van der Waals surface area contributed by atoms with Crippen LogP contribution in [0.25, 0.3) is 0 Å². The van der Waals surface area contributed by atoms with Gasteiger partial charge in [0.2, 0.25) is 5.24 Å². The predicted molar refractivity (Wildman–Crippen MR) is 75.0 cm³/mol. The van der Waals surface area contributed by atoms with Crippen molar-refractivity contribution >= 4 is 34.2 Å². The van der Waals surface area contributed by atoms with Crippen molar-refractivity contribution in [2.75, 3.05) is 6.79 Å². The molecule has 0 fully saturated rings. The van der Waals surface area contributed by atoms with Crippen LogP contribution in [0.4, 0.5) is 0 Å². The van der Waals surface area contributed by atoms with E-state index in [9.17, 15) is 9.59 Å². The number of halogens is 2. The normalized spacial score (nSPS) is 22.6. The second-order valence-corrected chi connectivity index (χ2v) is 5.39. The molecule has 1 aromatic rings. The van der Waals surface area contributed by atoms with E-state index >= 15 is 0 Å². The van der Waals surface area contributed by atoms with Crippen LogP contribution in [-0.2, 0) is 25.8 Å². The molecule has 2 bridgehead atoms. The first-order chi connectivity index (χ1) is 9.41. The Morgan fingerprint density at radius 3 is 2.75 bits per heavy atom. The summed E-state index contributed by atoms with van der Waals surface area (Å²) in [6, 6.07) is 5.27. The summed E-state index contributed by atoms with van der Waals surface area (Å²) in [6.07, 6.45) is 0. The fraction of sp³-hybridized carbons (Fsp3) is 0.429. The van der Waals surface area contributed by atoms with Crippen LogP contribution in [0.15, 0.2) is 18.2 Å². The summed E-state index contributed by atoms with van der Waals surface area (Å²) in [4.78, 5) is 23.8. The van der Waals surface area contributed by atoms with Gasteiger partial charge in [0.25, 0.3) is 0 Å². The monoisotopic (exact) mass is 316 g/mol. The Bertz CT molecular complexity index is 558. The SMILES string of the molecule is C[C@@H](C(=O)Cl)C(=O)[C@]1(C)OCOc2cccc1c2CCl. The summed E-state index contributed by atoms with van der Waals surface area (Å²) in [7, 11) is 0. The molecule has 0 saturated heterocycles. The molecule has 20 heavy (non-hydrogen) atoms. The molecule has 0 aromatic heterocycles. The van der Waals surface area contributed by atoms with E-state index < -0.39 is 22.5 Å². The molecule has 1 aromatic carbocycles. The molecule has 0 aliphatic carbocycles. The van der Waals surface area contributed by atoms with Crippen LogP contribution < -0.4 is 4.74 Å². The van der Waals surface area contributed by atoms with Gasteiger partial charge in [-0.15, -0.1) is 11.6 Å². The minimum absolute atomic E-state index is 0.0944. The van der Waals surface area contributed by atoms with Gasteiger partial charge in [-0.25, -0.2) is 0 Å². The van der Waals surface area contributed by atoms with E-state index in [1.165, 1.54) is 6.92 Å². The van der Waals surface area contributed by atoms with Gasteiger partial charge in [-0.05, 0) is 37.1 Å². The zero-order chi connectivity index (χ0) is 14.9. The molecular weight excluding hydrogens is 303 g/mol. The Hall–Kier alpha value is -1.10. The van der Waals surface area contributed by atoms with Gasteiger partial charge in [-0.2, -0.15) is 0 Å². The van der Waals surface area contributed by atoms with Crippen molar-refractivity contribution in [2.45, 2.75) is 25.3 Å². The molecule has 0 saturated carbocycles. The van der Waals surface area contributed by atoms with Crippen LogP contribution in [0.2, 0.25) is 0 Å².